The van der Waals surface area contributed by atoms with Gasteiger partial charge in [-0.3, -0.25) is 9.90 Å². The summed E-state index contributed by atoms with van der Waals surface area (Å²) in [4.78, 5) is 32.4. The molecule has 5 aromatic carbocycles. The zero-order valence-corrected chi connectivity index (χ0v) is 42.7. The molecule has 1 aliphatic carbocycles. The van der Waals surface area contributed by atoms with Gasteiger partial charge in [-0.05, 0) is 51.5 Å². The Hall–Kier alpha value is -6.83. The van der Waals surface area contributed by atoms with Gasteiger partial charge < -0.3 is 9.55 Å². The molecule has 0 saturated carbocycles. The van der Waals surface area contributed by atoms with Crippen molar-refractivity contribution >= 4 is 17.1 Å². The highest BCUT2D eigenvalue weighted by Crippen LogP contribution is 2.62. The Balaban J connectivity index is 1.44. The first kappa shape index (κ1) is 45.9. The molecule has 0 fully saturated rings. The molecule has 10 rings (SSSR count). The highest BCUT2D eigenvalue weighted by Gasteiger charge is 2.53. The predicted molar refractivity (Wildman–Crippen MR) is 285 cm³/mol. The van der Waals surface area contributed by atoms with Crippen LogP contribution in [0.25, 0.3) is 77.6 Å². The number of hydrogen-bond acceptors (Lipinski definition) is 4. The van der Waals surface area contributed by atoms with Crippen LogP contribution in [0.4, 0.5) is 0 Å². The highest BCUT2D eigenvalue weighted by molar-refractivity contribution is 7.19. The fraction of sp³-hybridized carbons (Fsp3) is 0.274. The summed E-state index contributed by atoms with van der Waals surface area (Å²) in [5, 5.41) is 14.8. The molecule has 2 aliphatic rings. The lowest BCUT2D eigenvalue weighted by atomic mass is 9.67. The Bertz CT molecular complexity index is 3230. The molecule has 0 amide bonds. The average molecular weight is 926 g/mol. The molecule has 69 heavy (non-hydrogen) atoms. The second kappa shape index (κ2) is 16.1. The Morgan fingerprint density at radius 3 is 1.43 bits per heavy atom. The summed E-state index contributed by atoms with van der Waals surface area (Å²) in [5.74, 6) is 1.66. The van der Waals surface area contributed by atoms with Crippen LogP contribution in [0.2, 0.25) is 0 Å². The van der Waals surface area contributed by atoms with Gasteiger partial charge in [0, 0.05) is 55.7 Å². The Kier molecular flexibility index (Phi) is 10.7. The van der Waals surface area contributed by atoms with Crippen LogP contribution in [-0.4, -0.2) is 25.3 Å². The van der Waals surface area contributed by atoms with Gasteiger partial charge in [0.1, 0.15) is 11.4 Å². The predicted octanol–water partition coefficient (Wildman–Crippen LogP) is 16.7. The van der Waals surface area contributed by atoms with Gasteiger partial charge in [0.05, 0.1) is 32.5 Å². The molecule has 0 saturated heterocycles. The summed E-state index contributed by atoms with van der Waals surface area (Å²) in [6, 6.07) is 46.0. The Morgan fingerprint density at radius 1 is 0.522 bits per heavy atom. The van der Waals surface area contributed by atoms with Gasteiger partial charge in [-0.2, -0.15) is 0 Å². The van der Waals surface area contributed by atoms with E-state index in [0.717, 1.165) is 105 Å². The van der Waals surface area contributed by atoms with Crippen LogP contribution in [0.15, 0.2) is 157 Å². The van der Waals surface area contributed by atoms with E-state index in [1.165, 1.54) is 0 Å². The Labute approximate surface area is 411 Å². The van der Waals surface area contributed by atoms with Crippen LogP contribution in [0, 0.1) is 10.8 Å². The minimum absolute atomic E-state index is 0.0593. The molecule has 347 valence electrons. The highest BCUT2D eigenvalue weighted by atomic mass is 32.1. The zero-order chi connectivity index (χ0) is 49.0. The number of nitrogens with zero attached hydrogens (tertiary/aromatic N) is 3. The molecule has 1 N–H and O–H groups in total. The molecular formula is C62H61N4O2S. The van der Waals surface area contributed by atoms with Crippen molar-refractivity contribution in [1.82, 2.24) is 19.5 Å². The zero-order valence-electron chi connectivity index (χ0n) is 41.9. The molecule has 8 aromatic rings. The number of aromatic amines is 1. The van der Waals surface area contributed by atoms with E-state index in [0.29, 0.717) is 0 Å². The first-order valence-corrected chi connectivity index (χ1v) is 24.9. The third-order valence-corrected chi connectivity index (χ3v) is 14.9. The van der Waals surface area contributed by atoms with Crippen LogP contribution in [0.5, 0.6) is 5.75 Å². The number of carbonyl (C=O) groups is 1. The number of benzene rings is 5. The minimum Gasteiger partial charge on any atom is -0.337 e. The van der Waals surface area contributed by atoms with E-state index in [4.69, 9.17) is 9.97 Å². The lowest BCUT2D eigenvalue weighted by Crippen LogP contribution is -2.39. The second-order valence-electron chi connectivity index (χ2n) is 22.9. The van der Waals surface area contributed by atoms with Gasteiger partial charge in [0.25, 0.3) is 0 Å². The molecule has 0 unspecified atom stereocenters. The SMILES string of the molecule is CC(C)(C)C1=CC2(C=C(C(C)(C)C)C1=O)c1c(sc(-c3nc(-c4ccccc4)c(-c4ccccc4)[nH]3)c1-c1cc(C(C)(C)C)c([O])c(C(C)(C)C)c1)-c1nc(-c3ccccc3)c(-c3ccccc3)n12. The van der Waals surface area contributed by atoms with Gasteiger partial charge in [0.15, 0.2) is 17.4 Å². The molecule has 1 radical (unpaired) electrons. The van der Waals surface area contributed by atoms with Gasteiger partial charge in [-0.1, -0.05) is 204 Å². The van der Waals surface area contributed by atoms with Crippen molar-refractivity contribution in [2.75, 3.05) is 0 Å². The minimum atomic E-state index is -1.06. The maximum absolute atomic E-state index is 15.2. The van der Waals surface area contributed by atoms with E-state index in [2.05, 4.69) is 220 Å². The number of allylic oxidation sites excluding steroid dienone is 4. The van der Waals surface area contributed by atoms with Crippen LogP contribution in [0.3, 0.4) is 0 Å². The Morgan fingerprint density at radius 2 is 0.971 bits per heavy atom. The van der Waals surface area contributed by atoms with Gasteiger partial charge >= 0.3 is 0 Å². The van der Waals surface area contributed by atoms with E-state index in [1.54, 1.807) is 11.3 Å². The fourth-order valence-corrected chi connectivity index (χ4v) is 11.6. The molecule has 0 bridgehead atoms. The number of nitrogens with one attached hydrogen (secondary N) is 1. The summed E-state index contributed by atoms with van der Waals surface area (Å²) in [5.41, 5.74) is 10.5. The molecule has 7 heteroatoms. The van der Waals surface area contributed by atoms with Crippen molar-refractivity contribution in [3.63, 3.8) is 0 Å². The number of hydrogen-bond donors (Lipinski definition) is 1. The summed E-state index contributed by atoms with van der Waals surface area (Å²) >= 11 is 1.68. The summed E-state index contributed by atoms with van der Waals surface area (Å²) < 4.78 is 2.42. The van der Waals surface area contributed by atoms with Gasteiger partial charge in [-0.15, -0.1) is 11.3 Å². The van der Waals surface area contributed by atoms with Crippen molar-refractivity contribution in [2.24, 2.45) is 10.8 Å². The lowest BCUT2D eigenvalue weighted by molar-refractivity contribution is -0.114. The summed E-state index contributed by atoms with van der Waals surface area (Å²) in [6.07, 6.45) is 4.51. The molecule has 1 spiro atoms. The standard InChI is InChI=1S/C62H61N4O2S/c1-58(2,3)42-33-41(34-43(52(42)67)59(4,5)6)46-47-55(69-54(46)56-63-48(37-25-17-13-18-26-37)49(64-56)38-27-19-14-20-28-38)57-65-50(39-29-21-15-22-30-39)51(40-31-23-16-24-32-40)66(57)62(47)35-44(60(7,8)9)53(68)45(36-62)61(10,11)12/h13-36H,1-12H3,(H,63,64). The normalized spacial score (nSPS) is 14.8. The maximum atomic E-state index is 15.2. The molecule has 1 aliphatic heterocycles. The van der Waals surface area contributed by atoms with E-state index in [-0.39, 0.29) is 11.5 Å². The monoisotopic (exact) mass is 925 g/mol. The summed E-state index contributed by atoms with van der Waals surface area (Å²) in [7, 11) is 0. The van der Waals surface area contributed by atoms with Crippen LogP contribution >= 0.6 is 11.3 Å². The first-order valence-electron chi connectivity index (χ1n) is 24.1. The number of H-pyrrole nitrogens is 1. The molecule has 3 aromatic heterocycles. The van der Waals surface area contributed by atoms with Gasteiger partial charge in [-0.25, -0.2) is 9.97 Å². The second-order valence-corrected chi connectivity index (χ2v) is 23.9. The van der Waals surface area contributed by atoms with E-state index >= 15 is 4.79 Å². The van der Waals surface area contributed by atoms with Crippen molar-refractivity contribution in [1.29, 1.82) is 0 Å². The number of ketones is 1. The largest absolute Gasteiger partial charge is 0.337 e. The van der Waals surface area contributed by atoms with Crippen molar-refractivity contribution in [3.05, 3.63) is 173 Å². The molecule has 6 nitrogen and oxygen atoms in total. The molecule has 4 heterocycles. The number of thiophene rings is 1. The first-order chi connectivity index (χ1) is 32.6. The summed E-state index contributed by atoms with van der Waals surface area (Å²) in [6.45, 7) is 25.6. The molecular weight excluding hydrogens is 865 g/mol. The van der Waals surface area contributed by atoms with Crippen molar-refractivity contribution < 1.29 is 9.90 Å². The number of rotatable bonds is 6. The number of carbonyl (C=O) groups excluding carboxylic acids is 1. The topological polar surface area (TPSA) is 83.5 Å². The van der Waals surface area contributed by atoms with Crippen LogP contribution in [-0.2, 0) is 26.3 Å². The van der Waals surface area contributed by atoms with Crippen LogP contribution in [0.1, 0.15) is 99.8 Å². The maximum Gasteiger partial charge on any atom is 0.186 e. The average Bonchev–Trinajstić information content (AvgIpc) is 4.08. The third-order valence-electron chi connectivity index (χ3n) is 13.7. The smallest absolute Gasteiger partial charge is 0.186 e. The quantitative estimate of drug-likeness (QED) is 0.180. The fourth-order valence-electron chi connectivity index (χ4n) is 10.2. The van der Waals surface area contributed by atoms with E-state index in [1.807, 2.05) is 18.2 Å². The number of aromatic nitrogens is 4. The third kappa shape index (κ3) is 7.66. The number of imidazole rings is 2. The number of Topliss-reactive ketones (excluding diaryl/α,β-unsaturated/α-hetero) is 1. The van der Waals surface area contributed by atoms with Crippen molar-refractivity contribution in [2.45, 2.75) is 99.5 Å². The van der Waals surface area contributed by atoms with E-state index < -0.39 is 27.2 Å². The van der Waals surface area contributed by atoms with E-state index in [9.17, 15) is 5.11 Å². The molecule has 0 atom stereocenters. The van der Waals surface area contributed by atoms with Gasteiger partial charge in [0.2, 0.25) is 0 Å². The lowest BCUT2D eigenvalue weighted by Gasteiger charge is -2.40. The van der Waals surface area contributed by atoms with Crippen LogP contribution < -0.4 is 0 Å². The number of fused-ring (bicyclic) bond motifs is 5. The van der Waals surface area contributed by atoms with Crippen molar-refractivity contribution in [3.8, 4) is 83.3 Å².